The highest BCUT2D eigenvalue weighted by Crippen LogP contribution is 2.15. The molecule has 1 aromatic rings. The summed E-state index contributed by atoms with van der Waals surface area (Å²) in [6.45, 7) is 3.54. The third-order valence-corrected chi connectivity index (χ3v) is 2.59. The molecule has 0 atom stereocenters. The maximum absolute atomic E-state index is 5.30. The number of nitrogens with zero attached hydrogens (tertiary/aromatic N) is 2. The summed E-state index contributed by atoms with van der Waals surface area (Å²) >= 11 is 0. The van der Waals surface area contributed by atoms with Crippen LogP contribution in [0.3, 0.4) is 0 Å². The van der Waals surface area contributed by atoms with E-state index in [1.165, 1.54) is 0 Å². The molecule has 2 rings (SSSR count). The summed E-state index contributed by atoms with van der Waals surface area (Å²) in [5.74, 6) is 1.24. The van der Waals surface area contributed by atoms with Crippen molar-refractivity contribution in [3.8, 4) is 5.88 Å². The molecule has 0 saturated carbocycles. The van der Waals surface area contributed by atoms with Gasteiger partial charge in [0.05, 0.1) is 7.11 Å². The van der Waals surface area contributed by atoms with Crippen LogP contribution < -0.4 is 10.1 Å². The van der Waals surface area contributed by atoms with E-state index in [4.69, 9.17) is 9.47 Å². The molecule has 0 unspecified atom stereocenters. The van der Waals surface area contributed by atoms with Gasteiger partial charge in [-0.3, -0.25) is 0 Å². The molecule has 1 aromatic heterocycles. The molecule has 88 valence electrons. The van der Waals surface area contributed by atoms with Gasteiger partial charge in [0.2, 0.25) is 11.8 Å². The Morgan fingerprint density at radius 2 is 2.12 bits per heavy atom. The summed E-state index contributed by atoms with van der Waals surface area (Å²) in [4.78, 5) is 8.59. The third-order valence-electron chi connectivity index (χ3n) is 2.59. The van der Waals surface area contributed by atoms with Gasteiger partial charge in [-0.2, -0.15) is 4.98 Å². The highest BCUT2D eigenvalue weighted by molar-refractivity contribution is 5.31. The van der Waals surface area contributed by atoms with Crippen LogP contribution in [0.4, 0.5) is 5.95 Å². The quantitative estimate of drug-likeness (QED) is 0.839. The minimum Gasteiger partial charge on any atom is -0.481 e. The second-order valence-electron chi connectivity index (χ2n) is 3.91. The first-order valence-corrected chi connectivity index (χ1v) is 5.52. The van der Waals surface area contributed by atoms with E-state index in [1.807, 2.05) is 13.0 Å². The number of aromatic nitrogens is 2. The molecule has 0 spiro atoms. The Bertz CT molecular complexity index is 351. The summed E-state index contributed by atoms with van der Waals surface area (Å²) in [7, 11) is 1.61. The van der Waals surface area contributed by atoms with Crippen molar-refractivity contribution >= 4 is 5.95 Å². The molecule has 5 heteroatoms. The number of aryl methyl sites for hydroxylation is 1. The summed E-state index contributed by atoms with van der Waals surface area (Å²) < 4.78 is 10.4. The number of rotatable bonds is 3. The van der Waals surface area contributed by atoms with E-state index in [1.54, 1.807) is 7.11 Å². The number of nitrogens with one attached hydrogen (secondary N) is 1. The van der Waals surface area contributed by atoms with Crippen molar-refractivity contribution in [2.24, 2.45) is 0 Å². The maximum atomic E-state index is 5.30. The monoisotopic (exact) mass is 223 g/mol. The van der Waals surface area contributed by atoms with Crippen molar-refractivity contribution in [3.63, 3.8) is 0 Å². The molecule has 1 aliphatic rings. The lowest BCUT2D eigenvalue weighted by Gasteiger charge is -2.23. The smallest absolute Gasteiger partial charge is 0.226 e. The number of ether oxygens (including phenoxy) is 2. The minimum atomic E-state index is 0.403. The van der Waals surface area contributed by atoms with Crippen LogP contribution in [0, 0.1) is 6.92 Å². The molecule has 0 aliphatic carbocycles. The molecule has 0 amide bonds. The Balaban J connectivity index is 2.04. The third kappa shape index (κ3) is 2.82. The van der Waals surface area contributed by atoms with Gasteiger partial charge in [0, 0.05) is 31.0 Å². The highest BCUT2D eigenvalue weighted by atomic mass is 16.5. The van der Waals surface area contributed by atoms with Gasteiger partial charge in [-0.15, -0.1) is 0 Å². The van der Waals surface area contributed by atoms with Crippen molar-refractivity contribution in [3.05, 3.63) is 11.8 Å². The molecule has 5 nitrogen and oxygen atoms in total. The SMILES string of the molecule is COc1cc(C)nc(NC2CCOCC2)n1. The van der Waals surface area contributed by atoms with Crippen molar-refractivity contribution in [2.75, 3.05) is 25.6 Å². The zero-order chi connectivity index (χ0) is 11.4. The van der Waals surface area contributed by atoms with Gasteiger partial charge < -0.3 is 14.8 Å². The normalized spacial score (nSPS) is 17.1. The van der Waals surface area contributed by atoms with Crippen molar-refractivity contribution in [2.45, 2.75) is 25.8 Å². The van der Waals surface area contributed by atoms with Crippen LogP contribution in [0.1, 0.15) is 18.5 Å². The van der Waals surface area contributed by atoms with Crippen LogP contribution in [0.5, 0.6) is 5.88 Å². The van der Waals surface area contributed by atoms with E-state index in [0.29, 0.717) is 17.9 Å². The summed E-state index contributed by atoms with van der Waals surface area (Å²) in [5, 5.41) is 3.31. The van der Waals surface area contributed by atoms with Crippen LogP contribution >= 0.6 is 0 Å². The fraction of sp³-hybridized carbons (Fsp3) is 0.636. The number of hydrogen-bond acceptors (Lipinski definition) is 5. The first-order valence-electron chi connectivity index (χ1n) is 5.52. The fourth-order valence-corrected chi connectivity index (χ4v) is 1.73. The largest absolute Gasteiger partial charge is 0.481 e. The van der Waals surface area contributed by atoms with Crippen molar-refractivity contribution < 1.29 is 9.47 Å². The number of hydrogen-bond donors (Lipinski definition) is 1. The van der Waals surface area contributed by atoms with Gasteiger partial charge >= 0.3 is 0 Å². The lowest BCUT2D eigenvalue weighted by Crippen LogP contribution is -2.28. The Morgan fingerprint density at radius 1 is 1.38 bits per heavy atom. The molecular formula is C11H17N3O2. The zero-order valence-corrected chi connectivity index (χ0v) is 9.69. The van der Waals surface area contributed by atoms with Crippen LogP contribution in [0.25, 0.3) is 0 Å². The zero-order valence-electron chi connectivity index (χ0n) is 9.69. The Hall–Kier alpha value is -1.36. The number of anilines is 1. The van der Waals surface area contributed by atoms with E-state index in [9.17, 15) is 0 Å². The molecule has 0 radical (unpaired) electrons. The number of methoxy groups -OCH3 is 1. The van der Waals surface area contributed by atoms with Crippen LogP contribution in [0.2, 0.25) is 0 Å². The van der Waals surface area contributed by atoms with Crippen LogP contribution in [-0.2, 0) is 4.74 Å². The molecule has 1 saturated heterocycles. The minimum absolute atomic E-state index is 0.403. The van der Waals surface area contributed by atoms with Crippen molar-refractivity contribution in [1.29, 1.82) is 0 Å². The average Bonchev–Trinajstić information content (AvgIpc) is 2.29. The Kier molecular flexibility index (Phi) is 3.56. The van der Waals surface area contributed by atoms with Crippen LogP contribution in [-0.4, -0.2) is 36.3 Å². The topological polar surface area (TPSA) is 56.3 Å². The lowest BCUT2D eigenvalue weighted by atomic mass is 10.1. The molecular weight excluding hydrogens is 206 g/mol. The lowest BCUT2D eigenvalue weighted by molar-refractivity contribution is 0.0903. The summed E-state index contributed by atoms with van der Waals surface area (Å²) in [5.41, 5.74) is 0.904. The van der Waals surface area contributed by atoms with E-state index < -0.39 is 0 Å². The second-order valence-corrected chi connectivity index (χ2v) is 3.91. The molecule has 1 aliphatic heterocycles. The molecule has 2 heterocycles. The standard InChI is InChI=1S/C11H17N3O2/c1-8-7-10(15-2)14-11(12-8)13-9-3-5-16-6-4-9/h7,9H,3-6H2,1-2H3,(H,12,13,14). The summed E-state index contributed by atoms with van der Waals surface area (Å²) in [6, 6.07) is 2.22. The van der Waals surface area contributed by atoms with Crippen LogP contribution in [0.15, 0.2) is 6.07 Å². The van der Waals surface area contributed by atoms with Gasteiger partial charge in [0.15, 0.2) is 0 Å². The Morgan fingerprint density at radius 3 is 2.81 bits per heavy atom. The van der Waals surface area contributed by atoms with E-state index in [-0.39, 0.29) is 0 Å². The molecule has 0 aromatic carbocycles. The van der Waals surface area contributed by atoms with E-state index in [2.05, 4.69) is 15.3 Å². The maximum Gasteiger partial charge on any atom is 0.226 e. The van der Waals surface area contributed by atoms with Crippen molar-refractivity contribution in [1.82, 2.24) is 9.97 Å². The molecule has 1 fully saturated rings. The Labute approximate surface area is 95.2 Å². The van der Waals surface area contributed by atoms with E-state index in [0.717, 1.165) is 31.7 Å². The van der Waals surface area contributed by atoms with Gasteiger partial charge in [0.25, 0.3) is 0 Å². The highest BCUT2D eigenvalue weighted by Gasteiger charge is 2.14. The van der Waals surface area contributed by atoms with E-state index >= 15 is 0 Å². The molecule has 16 heavy (non-hydrogen) atoms. The second kappa shape index (κ2) is 5.12. The predicted molar refractivity (Wildman–Crippen MR) is 60.8 cm³/mol. The fourth-order valence-electron chi connectivity index (χ4n) is 1.73. The predicted octanol–water partition coefficient (Wildman–Crippen LogP) is 1.38. The average molecular weight is 223 g/mol. The summed E-state index contributed by atoms with van der Waals surface area (Å²) in [6.07, 6.45) is 2.00. The van der Waals surface area contributed by atoms with Gasteiger partial charge in [-0.1, -0.05) is 0 Å². The van der Waals surface area contributed by atoms with Gasteiger partial charge in [-0.25, -0.2) is 4.98 Å². The molecule has 0 bridgehead atoms. The van der Waals surface area contributed by atoms with Gasteiger partial charge in [-0.05, 0) is 19.8 Å². The molecule has 1 N–H and O–H groups in total. The van der Waals surface area contributed by atoms with Gasteiger partial charge in [0.1, 0.15) is 0 Å². The first-order chi connectivity index (χ1) is 7.78. The first kappa shape index (κ1) is 11.1.